The Morgan fingerprint density at radius 1 is 1.40 bits per heavy atom. The standard InChI is InChI=1S/C13H16N2O5/c14-9-4-11-10(19-7-20-11)3-8(9)12(16)15-5-13(17)1-2-18-6-13/h3-4,17H,1-2,5-7,14H2,(H,15,16). The largest absolute Gasteiger partial charge is 0.454 e. The Labute approximate surface area is 115 Å². The summed E-state index contributed by atoms with van der Waals surface area (Å²) in [4.78, 5) is 12.1. The van der Waals surface area contributed by atoms with Crippen LogP contribution < -0.4 is 20.5 Å². The number of nitrogen functional groups attached to an aromatic ring is 1. The van der Waals surface area contributed by atoms with Crippen LogP contribution >= 0.6 is 0 Å². The van der Waals surface area contributed by atoms with Crippen LogP contribution in [0.3, 0.4) is 0 Å². The number of amides is 1. The Hall–Kier alpha value is -1.99. The van der Waals surface area contributed by atoms with E-state index in [4.69, 9.17) is 19.9 Å². The number of nitrogens with one attached hydrogen (secondary N) is 1. The molecule has 0 aliphatic carbocycles. The third-order valence-corrected chi connectivity index (χ3v) is 3.45. The van der Waals surface area contributed by atoms with Gasteiger partial charge in [0.1, 0.15) is 5.60 Å². The lowest BCUT2D eigenvalue weighted by Gasteiger charge is -2.20. The van der Waals surface area contributed by atoms with E-state index >= 15 is 0 Å². The summed E-state index contributed by atoms with van der Waals surface area (Å²) in [6, 6.07) is 3.10. The van der Waals surface area contributed by atoms with Crippen LogP contribution in [0.4, 0.5) is 5.69 Å². The summed E-state index contributed by atoms with van der Waals surface area (Å²) in [5, 5.41) is 12.8. The fourth-order valence-corrected chi connectivity index (χ4v) is 2.23. The minimum Gasteiger partial charge on any atom is -0.454 e. The van der Waals surface area contributed by atoms with Crippen LogP contribution in [0.15, 0.2) is 12.1 Å². The van der Waals surface area contributed by atoms with Gasteiger partial charge in [-0.15, -0.1) is 0 Å². The maximum atomic E-state index is 12.1. The van der Waals surface area contributed by atoms with Crippen molar-refractivity contribution in [1.82, 2.24) is 5.32 Å². The van der Waals surface area contributed by atoms with Crippen LogP contribution in [0.5, 0.6) is 11.5 Å². The summed E-state index contributed by atoms with van der Waals surface area (Å²) in [7, 11) is 0. The lowest BCUT2D eigenvalue weighted by molar-refractivity contribution is 0.0265. The fourth-order valence-electron chi connectivity index (χ4n) is 2.23. The quantitative estimate of drug-likeness (QED) is 0.667. The maximum Gasteiger partial charge on any atom is 0.253 e. The second-order valence-corrected chi connectivity index (χ2v) is 5.00. The summed E-state index contributed by atoms with van der Waals surface area (Å²) >= 11 is 0. The van der Waals surface area contributed by atoms with Gasteiger partial charge in [-0.3, -0.25) is 4.79 Å². The molecule has 1 fully saturated rings. The molecule has 0 spiro atoms. The molecule has 108 valence electrons. The van der Waals surface area contributed by atoms with Gasteiger partial charge in [-0.25, -0.2) is 0 Å². The van der Waals surface area contributed by atoms with Crippen molar-refractivity contribution in [2.24, 2.45) is 0 Å². The van der Waals surface area contributed by atoms with Gasteiger partial charge in [0.2, 0.25) is 6.79 Å². The van der Waals surface area contributed by atoms with Gasteiger partial charge in [0.25, 0.3) is 5.91 Å². The van der Waals surface area contributed by atoms with Crippen LogP contribution in [0.25, 0.3) is 0 Å². The van der Waals surface area contributed by atoms with E-state index in [1.165, 1.54) is 0 Å². The SMILES string of the molecule is Nc1cc2c(cc1C(=O)NCC1(O)CCOC1)OCO2. The molecule has 1 unspecified atom stereocenters. The van der Waals surface area contributed by atoms with Gasteiger partial charge >= 0.3 is 0 Å². The summed E-state index contributed by atoms with van der Waals surface area (Å²) < 4.78 is 15.5. The molecule has 0 saturated carbocycles. The van der Waals surface area contributed by atoms with Crippen LogP contribution in [0, 0.1) is 0 Å². The first-order chi connectivity index (χ1) is 9.57. The number of carbonyl (C=O) groups is 1. The maximum absolute atomic E-state index is 12.1. The molecule has 7 nitrogen and oxygen atoms in total. The smallest absolute Gasteiger partial charge is 0.253 e. The average molecular weight is 280 g/mol. The van der Waals surface area contributed by atoms with E-state index in [1.807, 2.05) is 0 Å². The number of ether oxygens (including phenoxy) is 3. The number of rotatable bonds is 3. The Balaban J connectivity index is 1.71. The predicted octanol–water partition coefficient (Wildman–Crippen LogP) is -0.121. The zero-order valence-electron chi connectivity index (χ0n) is 10.8. The molecule has 1 atom stereocenters. The van der Waals surface area contributed by atoms with Crippen molar-refractivity contribution in [1.29, 1.82) is 0 Å². The highest BCUT2D eigenvalue weighted by molar-refractivity contribution is 6.00. The normalized spacial score (nSPS) is 23.9. The topological polar surface area (TPSA) is 103 Å². The van der Waals surface area contributed by atoms with Gasteiger partial charge in [0.15, 0.2) is 11.5 Å². The monoisotopic (exact) mass is 280 g/mol. The average Bonchev–Trinajstić information content (AvgIpc) is 3.04. The number of fused-ring (bicyclic) bond motifs is 1. The van der Waals surface area contributed by atoms with Gasteiger partial charge in [-0.2, -0.15) is 0 Å². The van der Waals surface area contributed by atoms with Gasteiger partial charge in [-0.1, -0.05) is 0 Å². The molecule has 0 aromatic heterocycles. The molecule has 1 saturated heterocycles. The lowest BCUT2D eigenvalue weighted by atomic mass is 10.0. The summed E-state index contributed by atoms with van der Waals surface area (Å²) in [6.45, 7) is 0.971. The highest BCUT2D eigenvalue weighted by Crippen LogP contribution is 2.35. The van der Waals surface area contributed by atoms with E-state index < -0.39 is 5.60 Å². The van der Waals surface area contributed by atoms with Crippen LogP contribution in [-0.2, 0) is 4.74 Å². The molecule has 4 N–H and O–H groups in total. The van der Waals surface area contributed by atoms with Crippen molar-refractivity contribution in [2.75, 3.05) is 32.3 Å². The van der Waals surface area contributed by atoms with Gasteiger partial charge in [0.05, 0.1) is 12.2 Å². The first-order valence-electron chi connectivity index (χ1n) is 6.35. The third-order valence-electron chi connectivity index (χ3n) is 3.45. The Morgan fingerprint density at radius 2 is 2.15 bits per heavy atom. The van der Waals surface area contributed by atoms with E-state index in [2.05, 4.69) is 5.32 Å². The number of anilines is 1. The van der Waals surface area contributed by atoms with Crippen molar-refractivity contribution >= 4 is 11.6 Å². The minimum absolute atomic E-state index is 0.122. The highest BCUT2D eigenvalue weighted by atomic mass is 16.7. The van der Waals surface area contributed by atoms with Crippen LogP contribution in [0.1, 0.15) is 16.8 Å². The predicted molar refractivity (Wildman–Crippen MR) is 69.7 cm³/mol. The number of nitrogens with two attached hydrogens (primary N) is 1. The number of hydrogen-bond acceptors (Lipinski definition) is 6. The zero-order chi connectivity index (χ0) is 14.2. The van der Waals surface area contributed by atoms with Gasteiger partial charge in [-0.05, 0) is 6.07 Å². The molecule has 1 amide bonds. The Morgan fingerprint density at radius 3 is 2.85 bits per heavy atom. The minimum atomic E-state index is -0.999. The summed E-state index contributed by atoms with van der Waals surface area (Å²) in [5.41, 5.74) is 5.44. The molecule has 1 aromatic carbocycles. The molecule has 20 heavy (non-hydrogen) atoms. The number of benzene rings is 1. The van der Waals surface area contributed by atoms with Crippen LogP contribution in [0.2, 0.25) is 0 Å². The van der Waals surface area contributed by atoms with E-state index in [1.54, 1.807) is 12.1 Å². The highest BCUT2D eigenvalue weighted by Gasteiger charge is 2.33. The van der Waals surface area contributed by atoms with Crippen molar-refractivity contribution in [2.45, 2.75) is 12.0 Å². The molecule has 7 heteroatoms. The molecule has 2 aliphatic heterocycles. The lowest BCUT2D eigenvalue weighted by Crippen LogP contribution is -2.43. The molecular formula is C13H16N2O5. The van der Waals surface area contributed by atoms with E-state index in [9.17, 15) is 9.90 Å². The zero-order valence-corrected chi connectivity index (χ0v) is 10.8. The first kappa shape index (κ1) is 13.0. The van der Waals surface area contributed by atoms with Crippen LogP contribution in [-0.4, -0.2) is 43.2 Å². The molecule has 0 radical (unpaired) electrons. The van der Waals surface area contributed by atoms with E-state index in [-0.39, 0.29) is 25.9 Å². The van der Waals surface area contributed by atoms with E-state index in [0.717, 1.165) is 0 Å². The number of aliphatic hydroxyl groups is 1. The molecule has 2 aliphatic rings. The first-order valence-corrected chi connectivity index (χ1v) is 6.35. The third kappa shape index (κ3) is 2.37. The van der Waals surface area contributed by atoms with Gasteiger partial charge in [0, 0.05) is 31.3 Å². The molecule has 1 aromatic rings. The van der Waals surface area contributed by atoms with Crippen molar-refractivity contribution < 1.29 is 24.1 Å². The Kier molecular flexibility index (Phi) is 3.15. The number of hydrogen-bond donors (Lipinski definition) is 3. The Bertz CT molecular complexity index is 540. The second-order valence-electron chi connectivity index (χ2n) is 5.00. The molecule has 2 heterocycles. The summed E-state index contributed by atoms with van der Waals surface area (Å²) in [5.74, 6) is 0.662. The molecule has 0 bridgehead atoms. The summed E-state index contributed by atoms with van der Waals surface area (Å²) in [6.07, 6.45) is 0.504. The molecule has 3 rings (SSSR count). The molecular weight excluding hydrogens is 264 g/mol. The van der Waals surface area contributed by atoms with E-state index in [0.29, 0.717) is 35.8 Å². The number of carbonyl (C=O) groups excluding carboxylic acids is 1. The fraction of sp³-hybridized carbons (Fsp3) is 0.462. The van der Waals surface area contributed by atoms with Crippen molar-refractivity contribution in [3.8, 4) is 11.5 Å². The second kappa shape index (κ2) is 4.84. The van der Waals surface area contributed by atoms with Crippen molar-refractivity contribution in [3.05, 3.63) is 17.7 Å². The van der Waals surface area contributed by atoms with Crippen molar-refractivity contribution in [3.63, 3.8) is 0 Å². The van der Waals surface area contributed by atoms with Gasteiger partial charge < -0.3 is 30.4 Å².